The summed E-state index contributed by atoms with van der Waals surface area (Å²) in [5.74, 6) is 0.503. The smallest absolute Gasteiger partial charge is 0.108 e. The summed E-state index contributed by atoms with van der Waals surface area (Å²) in [6, 6.07) is 43.8. The van der Waals surface area contributed by atoms with Gasteiger partial charge in [0.05, 0.1) is 74.6 Å². The van der Waals surface area contributed by atoms with Crippen LogP contribution < -0.4 is 4.74 Å². The topological polar surface area (TPSA) is 130 Å². The number of nitrogens with zero attached hydrogens (tertiary/aromatic N) is 10. The number of hydrogen-bond donors (Lipinski definition) is 0. The van der Waals surface area contributed by atoms with Crippen molar-refractivity contribution >= 4 is 91.9 Å². The van der Waals surface area contributed by atoms with Crippen LogP contribution >= 0.6 is 45.3 Å². The number of hydrogen-bond acceptors (Lipinski definition) is 14. The molecule has 0 aliphatic rings. The maximum Gasteiger partial charge on any atom is 0.108 e. The zero-order chi connectivity index (χ0) is 53.6. The molecule has 0 amide bonds. The minimum Gasteiger partial charge on any atom is -0.540 e. The molecule has 11 nitrogen and oxygen atoms in total. The van der Waals surface area contributed by atoms with E-state index in [1.807, 2.05) is 94.8 Å². The standard InChI is InChI=1S/C20H16N3S.C14H8N3S.C14H11N2OS.C13H8FN2S.4Ir/c1-12-6-4-7-13(2)19(12)20-15(8-5-9-21-20)16-10-17-18(11-22-16)24-14(3)23-17;1-9-17-13-7-12(16-8-14(13)18-9)10-4-3-5-11(6-10)15-2;1-9-16-13-7-12(15-8-14(13)18-9)10-3-5-11(17-2)6-4-10;1-8-16-12-6-11(15-7-13(12)17-8)9-2-4-10(14)5-3-9;;;;/h4-7,9-11H,1-3H3;3,5-8H,1H3;3,5-8H,1-2H3;2,4-7H,1H3;;;;/q4*-1;;;;. The Morgan fingerprint density at radius 3 is 1.40 bits per heavy atom. The summed E-state index contributed by atoms with van der Waals surface area (Å²) in [6.45, 7) is 19.2. The molecule has 0 N–H and O–H groups in total. The second-order valence-corrected chi connectivity index (χ2v) is 22.2. The summed E-state index contributed by atoms with van der Waals surface area (Å²) < 4.78 is 22.3. The number of ether oxygens (including phenoxy) is 1. The van der Waals surface area contributed by atoms with Crippen LogP contribution in [0.1, 0.15) is 31.2 Å². The number of aromatic nitrogens is 9. The molecule has 4 radical (unpaired) electrons. The third-order valence-corrected chi connectivity index (χ3v) is 15.5. The van der Waals surface area contributed by atoms with Gasteiger partial charge in [-0.3, -0.25) is 9.24 Å². The Labute approximate surface area is 538 Å². The summed E-state index contributed by atoms with van der Waals surface area (Å²) in [6.07, 6.45) is 9.18. The van der Waals surface area contributed by atoms with Gasteiger partial charge in [0.15, 0.2) is 0 Å². The van der Waals surface area contributed by atoms with E-state index in [1.165, 1.54) is 23.3 Å². The first-order chi connectivity index (χ1) is 37.4. The fourth-order valence-corrected chi connectivity index (χ4v) is 11.4. The quantitative estimate of drug-likeness (QED) is 0.148. The van der Waals surface area contributed by atoms with E-state index >= 15 is 0 Å². The number of rotatable bonds is 6. The largest absolute Gasteiger partial charge is 0.540 e. The summed E-state index contributed by atoms with van der Waals surface area (Å²) in [4.78, 5) is 43.8. The molecule has 13 aromatic rings. The molecule has 0 atom stereocenters. The van der Waals surface area contributed by atoms with Crippen molar-refractivity contribution in [1.82, 2.24) is 44.9 Å². The van der Waals surface area contributed by atoms with Crippen molar-refractivity contribution in [3.63, 3.8) is 0 Å². The van der Waals surface area contributed by atoms with E-state index in [1.54, 1.807) is 89.1 Å². The van der Waals surface area contributed by atoms with E-state index in [0.29, 0.717) is 5.69 Å². The number of fused-ring (bicyclic) bond motifs is 4. The van der Waals surface area contributed by atoms with Crippen molar-refractivity contribution in [2.75, 3.05) is 7.11 Å². The Hall–Kier alpha value is -5.99. The summed E-state index contributed by atoms with van der Waals surface area (Å²) >= 11 is 6.57. The van der Waals surface area contributed by atoms with Gasteiger partial charge in [-0.2, -0.15) is 6.07 Å². The average Bonchev–Trinajstić information content (AvgIpc) is 4.26. The maximum absolute atomic E-state index is 12.8. The monoisotopic (exact) mass is 1850 g/mol. The van der Waals surface area contributed by atoms with Gasteiger partial charge in [0, 0.05) is 117 Å². The molecule has 0 fully saturated rings. The normalized spacial score (nSPS) is 10.3. The number of halogens is 1. The molecule has 9 aromatic heterocycles. The van der Waals surface area contributed by atoms with Crippen LogP contribution in [0.2, 0.25) is 0 Å². The van der Waals surface area contributed by atoms with Crippen LogP contribution in [0.25, 0.3) is 102 Å². The van der Waals surface area contributed by atoms with E-state index in [9.17, 15) is 4.39 Å². The van der Waals surface area contributed by atoms with E-state index in [2.05, 4.69) is 106 Å². The van der Waals surface area contributed by atoms with Gasteiger partial charge in [0.2, 0.25) is 0 Å². The van der Waals surface area contributed by atoms with Gasteiger partial charge in [0.25, 0.3) is 0 Å². The van der Waals surface area contributed by atoms with Crippen LogP contribution in [-0.4, -0.2) is 52.0 Å². The van der Waals surface area contributed by atoms with E-state index in [4.69, 9.17) is 11.3 Å². The van der Waals surface area contributed by atoms with Gasteiger partial charge < -0.3 is 29.7 Å². The molecule has 13 rings (SSSR count). The number of benzene rings is 4. The van der Waals surface area contributed by atoms with Gasteiger partial charge >= 0.3 is 0 Å². The molecule has 20 heteroatoms. The molecular weight excluding hydrogens is 1800 g/mol. The molecule has 0 unspecified atom stereocenters. The number of pyridine rings is 5. The second-order valence-electron chi connectivity index (χ2n) is 17.3. The molecule has 414 valence electrons. The molecular formula is C61H43FIr4N10OS4-4. The SMILES string of the molecule is COc1c[c-]c(-c2cc3nc(C)sc3cn2)cc1.Cc1nc2cc(-c3[c-]cc(F)cc3)ncc2s1.Cc1nc2cc(-c3[c-]ccnc3-c3c(C)cccc3C)ncc2s1.[C-]#[N+]c1cc[c-]c(-c2cc3nc(C)sc3cn2)c1.[Ir].[Ir].[Ir].[Ir]. The van der Waals surface area contributed by atoms with E-state index in [-0.39, 0.29) is 86.2 Å². The van der Waals surface area contributed by atoms with Crippen LogP contribution in [0.3, 0.4) is 0 Å². The zero-order valence-electron chi connectivity index (χ0n) is 43.9. The minimum absolute atomic E-state index is 0. The molecule has 0 saturated carbocycles. The van der Waals surface area contributed by atoms with E-state index in [0.717, 1.165) is 123 Å². The van der Waals surface area contributed by atoms with Crippen molar-refractivity contribution in [1.29, 1.82) is 0 Å². The molecule has 0 bridgehead atoms. The molecule has 9 heterocycles. The molecule has 0 aliphatic carbocycles. The summed E-state index contributed by atoms with van der Waals surface area (Å²) in [7, 11) is 1.64. The fourth-order valence-electron chi connectivity index (χ4n) is 8.25. The molecule has 4 aromatic carbocycles. The first kappa shape index (κ1) is 64.2. The van der Waals surface area contributed by atoms with E-state index < -0.39 is 0 Å². The van der Waals surface area contributed by atoms with Gasteiger partial charge in [-0.05, 0) is 75.6 Å². The second kappa shape index (κ2) is 29.3. The first-order valence-corrected chi connectivity index (χ1v) is 27.1. The van der Waals surface area contributed by atoms with Crippen molar-refractivity contribution in [2.45, 2.75) is 41.5 Å². The minimum atomic E-state index is -0.292. The van der Waals surface area contributed by atoms with Gasteiger partial charge in [-0.15, -0.1) is 141 Å². The molecule has 0 aliphatic heterocycles. The number of thiazole rings is 4. The Morgan fingerprint density at radius 2 is 0.951 bits per heavy atom. The maximum atomic E-state index is 12.8. The average molecular weight is 1850 g/mol. The van der Waals surface area contributed by atoms with Crippen LogP contribution in [0.15, 0.2) is 134 Å². The summed E-state index contributed by atoms with van der Waals surface area (Å²) in [5.41, 5.74) is 15.7. The predicted molar refractivity (Wildman–Crippen MR) is 311 cm³/mol. The first-order valence-electron chi connectivity index (χ1n) is 23.9. The third kappa shape index (κ3) is 15.6. The van der Waals surface area contributed by atoms with Crippen LogP contribution in [0.4, 0.5) is 10.1 Å². The van der Waals surface area contributed by atoms with Gasteiger partial charge in [0.1, 0.15) is 5.69 Å². The van der Waals surface area contributed by atoms with Gasteiger partial charge in [-0.25, -0.2) is 19.9 Å². The van der Waals surface area contributed by atoms with Crippen LogP contribution in [-0.2, 0) is 80.4 Å². The zero-order valence-corrected chi connectivity index (χ0v) is 56.8. The fraction of sp³-hybridized carbons (Fsp3) is 0.115. The van der Waals surface area contributed by atoms with Crippen LogP contribution in [0, 0.1) is 78.2 Å². The number of methoxy groups -OCH3 is 1. The van der Waals surface area contributed by atoms with Gasteiger partial charge in [-0.1, -0.05) is 65.4 Å². The Balaban J connectivity index is 0.000000173. The third-order valence-electron chi connectivity index (χ3n) is 11.8. The Bertz CT molecular complexity index is 4280. The van der Waals surface area contributed by atoms with Crippen molar-refractivity contribution in [3.05, 3.63) is 207 Å². The molecule has 0 spiro atoms. The molecule has 0 saturated heterocycles. The van der Waals surface area contributed by atoms with Crippen LogP contribution in [0.5, 0.6) is 5.75 Å². The van der Waals surface area contributed by atoms with Crippen molar-refractivity contribution < 1.29 is 89.5 Å². The molecule has 81 heavy (non-hydrogen) atoms. The van der Waals surface area contributed by atoms with Crippen molar-refractivity contribution in [3.8, 4) is 62.0 Å². The Kier molecular flexibility index (Phi) is 23.2. The number of aryl methyl sites for hydroxylation is 6. The van der Waals surface area contributed by atoms with Crippen molar-refractivity contribution in [2.24, 2.45) is 0 Å². The Morgan fingerprint density at radius 1 is 0.494 bits per heavy atom. The summed E-state index contributed by atoms with van der Waals surface area (Å²) in [5, 5.41) is 4.15. The predicted octanol–water partition coefficient (Wildman–Crippen LogP) is 16.2.